The highest BCUT2D eigenvalue weighted by Gasteiger charge is 2.05. The molecule has 0 aromatic carbocycles. The van der Waals surface area contributed by atoms with Crippen molar-refractivity contribution >= 4 is 5.82 Å². The lowest BCUT2D eigenvalue weighted by atomic mass is 10.3. The zero-order valence-corrected chi connectivity index (χ0v) is 9.28. The van der Waals surface area contributed by atoms with Crippen LogP contribution in [0.1, 0.15) is 19.5 Å². The number of nitrogens with zero attached hydrogens (tertiary/aromatic N) is 3. The van der Waals surface area contributed by atoms with E-state index in [0.29, 0.717) is 6.04 Å². The topological polar surface area (TPSA) is 41.1 Å². The molecule has 0 radical (unpaired) electrons. The Balaban J connectivity index is 2.59. The number of anilines is 1. The van der Waals surface area contributed by atoms with E-state index in [9.17, 15) is 0 Å². The molecule has 0 fully saturated rings. The molecule has 0 aliphatic rings. The maximum Gasteiger partial charge on any atom is 0.144 e. The second-order valence-electron chi connectivity index (χ2n) is 3.65. The fourth-order valence-electron chi connectivity index (χ4n) is 1.00. The number of rotatable bonds is 4. The summed E-state index contributed by atoms with van der Waals surface area (Å²) in [7, 11) is 3.92. The Morgan fingerprint density at radius 1 is 1.36 bits per heavy atom. The van der Waals surface area contributed by atoms with Gasteiger partial charge in [-0.05, 0) is 20.9 Å². The summed E-state index contributed by atoms with van der Waals surface area (Å²) in [5, 5.41) is 2.94. The first kappa shape index (κ1) is 10.9. The lowest BCUT2D eigenvalue weighted by molar-refractivity contribution is 0.262. The molecule has 0 unspecified atom stereocenters. The Hall–Kier alpha value is -1.16. The van der Waals surface area contributed by atoms with E-state index in [1.54, 1.807) is 6.20 Å². The van der Waals surface area contributed by atoms with Gasteiger partial charge in [-0.1, -0.05) is 0 Å². The van der Waals surface area contributed by atoms with Crippen LogP contribution in [0, 0.1) is 0 Å². The Bertz CT molecular complexity index is 268. The molecule has 0 saturated carbocycles. The summed E-state index contributed by atoms with van der Waals surface area (Å²) in [6, 6.07) is 0.528. The van der Waals surface area contributed by atoms with Crippen molar-refractivity contribution in [2.75, 3.05) is 19.4 Å². The van der Waals surface area contributed by atoms with Crippen molar-refractivity contribution in [3.05, 3.63) is 18.1 Å². The van der Waals surface area contributed by atoms with Gasteiger partial charge in [-0.25, -0.2) is 4.98 Å². The van der Waals surface area contributed by atoms with Crippen LogP contribution in [0.5, 0.6) is 0 Å². The van der Waals surface area contributed by atoms with Gasteiger partial charge in [-0.15, -0.1) is 0 Å². The normalized spacial score (nSPS) is 11.0. The van der Waals surface area contributed by atoms with Crippen molar-refractivity contribution in [3.63, 3.8) is 0 Å². The molecule has 1 aromatic rings. The molecule has 1 heterocycles. The van der Waals surface area contributed by atoms with Crippen LogP contribution >= 0.6 is 0 Å². The molecule has 78 valence electrons. The Labute approximate surface area is 85.4 Å². The van der Waals surface area contributed by atoms with E-state index >= 15 is 0 Å². The molecule has 0 aliphatic heterocycles. The van der Waals surface area contributed by atoms with Gasteiger partial charge in [0.05, 0.1) is 18.1 Å². The van der Waals surface area contributed by atoms with Crippen LogP contribution in [-0.4, -0.2) is 35.0 Å². The molecule has 0 spiro atoms. The first-order chi connectivity index (χ1) is 6.63. The zero-order valence-electron chi connectivity index (χ0n) is 9.28. The third-order valence-corrected chi connectivity index (χ3v) is 2.25. The summed E-state index contributed by atoms with van der Waals surface area (Å²) in [4.78, 5) is 10.7. The molecule has 1 rings (SSSR count). The maximum absolute atomic E-state index is 4.31. The third-order valence-electron chi connectivity index (χ3n) is 2.25. The Morgan fingerprint density at radius 2 is 2.07 bits per heavy atom. The van der Waals surface area contributed by atoms with Gasteiger partial charge in [-0.3, -0.25) is 9.88 Å². The molecule has 0 atom stereocenters. The highest BCUT2D eigenvalue weighted by molar-refractivity contribution is 5.29. The van der Waals surface area contributed by atoms with Crippen LogP contribution in [0.2, 0.25) is 0 Å². The van der Waals surface area contributed by atoms with Crippen LogP contribution in [0.3, 0.4) is 0 Å². The molecule has 4 nitrogen and oxygen atoms in total. The zero-order chi connectivity index (χ0) is 10.6. The van der Waals surface area contributed by atoms with Crippen LogP contribution in [0.25, 0.3) is 0 Å². The van der Waals surface area contributed by atoms with E-state index in [0.717, 1.165) is 18.1 Å². The van der Waals surface area contributed by atoms with Crippen molar-refractivity contribution in [1.82, 2.24) is 14.9 Å². The summed E-state index contributed by atoms with van der Waals surface area (Å²) in [6.07, 6.45) is 3.56. The standard InChI is InChI=1S/C10H18N4/c1-8(2)14(4)7-9-5-13-10(11-3)6-12-9/h5-6,8H,7H2,1-4H3,(H,11,13). The number of aromatic nitrogens is 2. The predicted octanol–water partition coefficient (Wildman–Crippen LogP) is 1.36. The molecule has 0 amide bonds. The van der Waals surface area contributed by atoms with Crippen molar-refractivity contribution in [2.24, 2.45) is 0 Å². The minimum Gasteiger partial charge on any atom is -0.372 e. The molecule has 4 heteroatoms. The minimum absolute atomic E-state index is 0.528. The van der Waals surface area contributed by atoms with Crippen molar-refractivity contribution in [2.45, 2.75) is 26.4 Å². The quantitative estimate of drug-likeness (QED) is 0.785. The summed E-state index contributed by atoms with van der Waals surface area (Å²) >= 11 is 0. The molecule has 0 aliphatic carbocycles. The predicted molar refractivity (Wildman–Crippen MR) is 58.2 cm³/mol. The molecular formula is C10H18N4. The second-order valence-corrected chi connectivity index (χ2v) is 3.65. The van der Waals surface area contributed by atoms with Crippen molar-refractivity contribution < 1.29 is 0 Å². The largest absolute Gasteiger partial charge is 0.372 e. The van der Waals surface area contributed by atoms with E-state index < -0.39 is 0 Å². The molecule has 14 heavy (non-hydrogen) atoms. The van der Waals surface area contributed by atoms with E-state index in [-0.39, 0.29) is 0 Å². The maximum atomic E-state index is 4.31. The average molecular weight is 194 g/mol. The van der Waals surface area contributed by atoms with E-state index in [1.165, 1.54) is 0 Å². The van der Waals surface area contributed by atoms with Gasteiger partial charge in [0.1, 0.15) is 5.82 Å². The third kappa shape index (κ3) is 2.96. The fourth-order valence-corrected chi connectivity index (χ4v) is 1.00. The van der Waals surface area contributed by atoms with Gasteiger partial charge in [0.15, 0.2) is 0 Å². The van der Waals surface area contributed by atoms with Crippen molar-refractivity contribution in [1.29, 1.82) is 0 Å². The SMILES string of the molecule is CNc1cnc(CN(C)C(C)C)cn1. The highest BCUT2D eigenvalue weighted by Crippen LogP contribution is 2.04. The molecular weight excluding hydrogens is 176 g/mol. The molecule has 0 saturated heterocycles. The lowest BCUT2D eigenvalue weighted by Crippen LogP contribution is -2.26. The highest BCUT2D eigenvalue weighted by atomic mass is 15.1. The van der Waals surface area contributed by atoms with Crippen molar-refractivity contribution in [3.8, 4) is 0 Å². The van der Waals surface area contributed by atoms with Gasteiger partial charge < -0.3 is 5.32 Å². The van der Waals surface area contributed by atoms with Gasteiger partial charge in [0.25, 0.3) is 0 Å². The fraction of sp³-hybridized carbons (Fsp3) is 0.600. The number of hydrogen-bond donors (Lipinski definition) is 1. The van der Waals surface area contributed by atoms with Crippen LogP contribution in [-0.2, 0) is 6.54 Å². The van der Waals surface area contributed by atoms with Crippen LogP contribution < -0.4 is 5.32 Å². The number of hydrogen-bond acceptors (Lipinski definition) is 4. The number of nitrogens with one attached hydrogen (secondary N) is 1. The van der Waals surface area contributed by atoms with Gasteiger partial charge in [0, 0.05) is 19.6 Å². The summed E-state index contributed by atoms with van der Waals surface area (Å²) < 4.78 is 0. The smallest absolute Gasteiger partial charge is 0.144 e. The average Bonchev–Trinajstić information content (AvgIpc) is 2.19. The molecule has 1 N–H and O–H groups in total. The lowest BCUT2D eigenvalue weighted by Gasteiger charge is -2.20. The summed E-state index contributed by atoms with van der Waals surface area (Å²) in [6.45, 7) is 5.17. The van der Waals surface area contributed by atoms with E-state index in [2.05, 4.69) is 41.1 Å². The van der Waals surface area contributed by atoms with Crippen LogP contribution in [0.15, 0.2) is 12.4 Å². The van der Waals surface area contributed by atoms with Gasteiger partial charge >= 0.3 is 0 Å². The summed E-state index contributed by atoms with van der Waals surface area (Å²) in [5.74, 6) is 0.806. The van der Waals surface area contributed by atoms with E-state index in [4.69, 9.17) is 0 Å². The van der Waals surface area contributed by atoms with Gasteiger partial charge in [0.2, 0.25) is 0 Å². The first-order valence-corrected chi connectivity index (χ1v) is 4.82. The molecule has 0 bridgehead atoms. The van der Waals surface area contributed by atoms with E-state index in [1.807, 2.05) is 13.2 Å². The summed E-state index contributed by atoms with van der Waals surface area (Å²) in [5.41, 5.74) is 1.00. The van der Waals surface area contributed by atoms with Gasteiger partial charge in [-0.2, -0.15) is 0 Å². The molecule has 1 aromatic heterocycles. The Kier molecular flexibility index (Phi) is 3.83. The van der Waals surface area contributed by atoms with Crippen LogP contribution in [0.4, 0.5) is 5.82 Å². The second kappa shape index (κ2) is 4.91. The monoisotopic (exact) mass is 194 g/mol. The first-order valence-electron chi connectivity index (χ1n) is 4.82. The minimum atomic E-state index is 0.528. The Morgan fingerprint density at radius 3 is 2.50 bits per heavy atom.